The quantitative estimate of drug-likeness (QED) is 0.0486. The van der Waals surface area contributed by atoms with Crippen molar-refractivity contribution in [2.75, 3.05) is 52.2 Å². The van der Waals surface area contributed by atoms with Gasteiger partial charge in [0.15, 0.2) is 32.9 Å². The maximum atomic E-state index is 13.8. The molecule has 6 rings (SSSR count). The van der Waals surface area contributed by atoms with E-state index in [0.717, 1.165) is 68.9 Å². The van der Waals surface area contributed by atoms with Crippen molar-refractivity contribution in [1.29, 1.82) is 0 Å². The lowest BCUT2D eigenvalue weighted by Gasteiger charge is -2.13. The van der Waals surface area contributed by atoms with Crippen molar-refractivity contribution in [2.45, 2.75) is 49.3 Å². The Morgan fingerprint density at radius 2 is 0.871 bits per heavy atom. The molecule has 0 radical (unpaired) electrons. The third-order valence-electron chi connectivity index (χ3n) is 10.3. The molecule has 328 valence electrons. The van der Waals surface area contributed by atoms with E-state index in [0.29, 0.717) is 52.1 Å². The van der Waals surface area contributed by atoms with Crippen LogP contribution in [0.1, 0.15) is 35.4 Å². The van der Waals surface area contributed by atoms with Gasteiger partial charge in [0.2, 0.25) is 0 Å². The van der Waals surface area contributed by atoms with Crippen molar-refractivity contribution < 1.29 is 49.9 Å². The molecule has 2 heterocycles. The molecular weight excluding hydrogens is 841 g/mol. The Labute approximate surface area is 361 Å². The van der Waals surface area contributed by atoms with Crippen molar-refractivity contribution in [3.8, 4) is 33.9 Å². The minimum atomic E-state index is -3.35. The number of benzene rings is 4. The Hall–Kier alpha value is -5.68. The van der Waals surface area contributed by atoms with E-state index in [9.17, 15) is 30.5 Å². The molecular formula is C46H50F2N3O9S2+. The predicted octanol–water partition coefficient (Wildman–Crippen LogP) is 8.54. The molecule has 0 fully saturated rings. The van der Waals surface area contributed by atoms with Crippen molar-refractivity contribution in [3.63, 3.8) is 0 Å². The average Bonchev–Trinajstić information content (AvgIpc) is 3.75. The molecule has 0 aliphatic carbocycles. The largest absolute Gasteiger partial charge is 0.477 e. The molecule has 12 nitrogen and oxygen atoms in total. The predicted molar refractivity (Wildman–Crippen MR) is 232 cm³/mol. The molecule has 16 heteroatoms. The van der Waals surface area contributed by atoms with Gasteiger partial charge in [0.25, 0.3) is 0 Å². The fraction of sp³-hybridized carbons (Fsp3) is 0.304. The summed E-state index contributed by atoms with van der Waals surface area (Å²) in [5.41, 5.74) is 8.72. The second-order valence-corrected chi connectivity index (χ2v) is 18.9. The number of ether oxygens (including phenoxy) is 2. The molecule has 62 heavy (non-hydrogen) atoms. The Balaban J connectivity index is 0.903. The van der Waals surface area contributed by atoms with Gasteiger partial charge in [-0.15, -0.1) is 0 Å². The lowest BCUT2D eigenvalue weighted by Crippen LogP contribution is -2.14. The Bertz CT molecular complexity index is 2500. The first kappa shape index (κ1) is 45.8. The summed E-state index contributed by atoms with van der Waals surface area (Å²) in [6.07, 6.45) is 4.40. The molecule has 0 aliphatic heterocycles. The summed E-state index contributed by atoms with van der Waals surface area (Å²) in [5.74, 6) is -0.695. The highest BCUT2D eigenvalue weighted by molar-refractivity contribution is 7.91. The summed E-state index contributed by atoms with van der Waals surface area (Å²) < 4.78 is 91.3. The van der Waals surface area contributed by atoms with Crippen LogP contribution in [-0.4, -0.2) is 83.2 Å². The Morgan fingerprint density at radius 3 is 1.21 bits per heavy atom. The van der Waals surface area contributed by atoms with Gasteiger partial charge in [-0.2, -0.15) is 9.68 Å². The van der Waals surface area contributed by atoms with Crippen LogP contribution in [0, 0.1) is 30.4 Å². The van der Waals surface area contributed by atoms with Crippen LogP contribution in [0.3, 0.4) is 0 Å². The van der Waals surface area contributed by atoms with Crippen molar-refractivity contribution in [3.05, 3.63) is 148 Å². The normalized spacial score (nSPS) is 11.8. The summed E-state index contributed by atoms with van der Waals surface area (Å²) in [6.45, 7) is 5.63. The van der Waals surface area contributed by atoms with Crippen LogP contribution in [0.25, 0.3) is 33.9 Å². The van der Waals surface area contributed by atoms with Crippen molar-refractivity contribution in [1.82, 2.24) is 9.13 Å². The zero-order valence-corrected chi connectivity index (χ0v) is 36.7. The molecule has 0 unspecified atom stereocenters. The van der Waals surface area contributed by atoms with Crippen molar-refractivity contribution in [2.24, 2.45) is 0 Å². The van der Waals surface area contributed by atoms with E-state index in [1.54, 1.807) is 72.8 Å². The zero-order valence-electron chi connectivity index (χ0n) is 35.1. The van der Waals surface area contributed by atoms with Gasteiger partial charge in [-0.1, -0.05) is 24.3 Å². The minimum Gasteiger partial charge on any atom is -0.381 e. The standard InChI is InChI=1S/C46H50F2N3O9S2/c1-33-37(31-45(49(33)41-15-11-39(47)12-16-41)35-7-19-43(20-8-35)61(3,53)54)23-29-57-25-5-27-59-51(52)60-28-6-26-58-30-24-38-32-46(36-9-21-44(22-10-36)62(4,55)56)50(34(38)2)42-17-13-40(48)14-18-42/h7-22,31-32H,5-6,23-30H2,1-4H3/q+1. The molecule has 0 bridgehead atoms. The Kier molecular flexibility index (Phi) is 15.1. The molecule has 0 N–H and O–H groups in total. The third-order valence-corrected chi connectivity index (χ3v) is 12.6. The average molecular weight is 891 g/mol. The number of sulfone groups is 2. The van der Waals surface area contributed by atoms with E-state index in [1.807, 2.05) is 35.1 Å². The fourth-order valence-corrected chi connectivity index (χ4v) is 8.31. The minimum absolute atomic E-state index is 0.0916. The highest BCUT2D eigenvalue weighted by atomic mass is 32.2. The Morgan fingerprint density at radius 1 is 0.516 bits per heavy atom. The SMILES string of the molecule is Cc1c(CCOCCCO[N+](=O)OCCCOCCc2cc(-c3ccc(S(C)(=O)=O)cc3)n(-c3ccc(F)cc3)c2C)cc(-c2ccc(S(C)(=O)=O)cc2)n1-c1ccc(F)cc1. The fourth-order valence-electron chi connectivity index (χ4n) is 7.04. The molecule has 2 aromatic heterocycles. The van der Waals surface area contributed by atoms with Crippen LogP contribution < -0.4 is 0 Å². The van der Waals surface area contributed by atoms with Crippen LogP contribution in [0.15, 0.2) is 119 Å². The molecule has 0 aliphatic rings. The summed E-state index contributed by atoms with van der Waals surface area (Å²) in [6, 6.07) is 29.7. The number of nitrogens with zero attached hydrogens (tertiary/aromatic N) is 3. The van der Waals surface area contributed by atoms with Gasteiger partial charge in [-0.05, 0) is 134 Å². The molecule has 0 saturated carbocycles. The monoisotopic (exact) mass is 890 g/mol. The lowest BCUT2D eigenvalue weighted by molar-refractivity contribution is -0.981. The highest BCUT2D eigenvalue weighted by Crippen LogP contribution is 2.32. The van der Waals surface area contributed by atoms with Crippen molar-refractivity contribution >= 4 is 19.7 Å². The molecule has 4 aromatic carbocycles. The van der Waals surface area contributed by atoms with E-state index in [2.05, 4.69) is 0 Å². The first-order valence-electron chi connectivity index (χ1n) is 20.0. The van der Waals surface area contributed by atoms with Gasteiger partial charge in [0.1, 0.15) is 16.5 Å². The van der Waals surface area contributed by atoms with Crippen LogP contribution in [-0.2, 0) is 51.7 Å². The van der Waals surface area contributed by atoms with E-state index in [1.165, 1.54) is 24.3 Å². The number of rotatable bonds is 22. The third kappa shape index (κ3) is 11.8. The van der Waals surface area contributed by atoms with Gasteiger partial charge in [-0.3, -0.25) is 0 Å². The van der Waals surface area contributed by atoms with Gasteiger partial charge < -0.3 is 18.6 Å². The number of halogens is 2. The topological polar surface area (TPSA) is 135 Å². The van der Waals surface area contributed by atoms with E-state index >= 15 is 0 Å². The van der Waals surface area contributed by atoms with E-state index in [4.69, 9.17) is 19.1 Å². The first-order chi connectivity index (χ1) is 29.6. The number of hydrogen-bond donors (Lipinski definition) is 0. The second kappa shape index (κ2) is 20.5. The number of hydrogen-bond acceptors (Lipinski definition) is 9. The molecule has 0 spiro atoms. The van der Waals surface area contributed by atoms with Gasteiger partial charge >= 0.3 is 5.09 Å². The van der Waals surface area contributed by atoms with Gasteiger partial charge in [0.05, 0.1) is 47.6 Å². The summed E-state index contributed by atoms with van der Waals surface area (Å²) in [7, 11) is -6.71. The van der Waals surface area contributed by atoms with Crippen LogP contribution in [0.2, 0.25) is 0 Å². The lowest BCUT2D eigenvalue weighted by atomic mass is 10.1. The maximum absolute atomic E-state index is 13.8. The molecule has 0 atom stereocenters. The van der Waals surface area contributed by atoms with Gasteiger partial charge in [-0.25, -0.2) is 25.6 Å². The molecule has 0 amide bonds. The van der Waals surface area contributed by atoms with E-state index in [-0.39, 0.29) is 39.7 Å². The zero-order chi connectivity index (χ0) is 44.4. The summed E-state index contributed by atoms with van der Waals surface area (Å²) in [5, 5.41) is 0.0943. The molecule has 6 aromatic rings. The summed E-state index contributed by atoms with van der Waals surface area (Å²) in [4.78, 5) is 22.7. The van der Waals surface area contributed by atoms with Crippen LogP contribution in [0.4, 0.5) is 8.78 Å². The van der Waals surface area contributed by atoms with Crippen LogP contribution >= 0.6 is 0 Å². The smallest absolute Gasteiger partial charge is 0.381 e. The second-order valence-electron chi connectivity index (χ2n) is 14.8. The maximum Gasteiger partial charge on any atom is 0.477 e. The van der Waals surface area contributed by atoms with Crippen LogP contribution in [0.5, 0.6) is 0 Å². The molecule has 0 saturated heterocycles. The first-order valence-corrected chi connectivity index (χ1v) is 23.8. The number of aromatic nitrogens is 2. The van der Waals surface area contributed by atoms with Gasteiger partial charge in [0, 0.05) is 48.1 Å². The highest BCUT2D eigenvalue weighted by Gasteiger charge is 2.19. The van der Waals surface area contributed by atoms with E-state index < -0.39 is 19.7 Å². The summed E-state index contributed by atoms with van der Waals surface area (Å²) >= 11 is 0.